The number of benzene rings is 1. The van der Waals surface area contributed by atoms with Gasteiger partial charge in [-0.3, -0.25) is 4.79 Å². The first-order chi connectivity index (χ1) is 10.2. The summed E-state index contributed by atoms with van der Waals surface area (Å²) in [5, 5.41) is 20.2. The Morgan fingerprint density at radius 2 is 1.82 bits per heavy atom. The van der Waals surface area contributed by atoms with E-state index in [1.54, 1.807) is 13.8 Å². The molecule has 0 heterocycles. The second kappa shape index (κ2) is 7.29. The molecule has 0 aliphatic carbocycles. The molecule has 1 aromatic carbocycles. The molecule has 1 aromatic rings. The Hall–Kier alpha value is -2.05. The Morgan fingerprint density at radius 1 is 1.27 bits per heavy atom. The van der Waals surface area contributed by atoms with Gasteiger partial charge in [-0.15, -0.1) is 0 Å². The summed E-state index contributed by atoms with van der Waals surface area (Å²) in [5.41, 5.74) is -2.03. The molecule has 0 radical (unpaired) electrons. The van der Waals surface area contributed by atoms with Gasteiger partial charge in [-0.25, -0.2) is 9.18 Å². The average Bonchev–Trinajstić information content (AvgIpc) is 2.44. The highest BCUT2D eigenvalue weighted by molar-refractivity contribution is 5.93. The van der Waals surface area contributed by atoms with Crippen LogP contribution in [0.4, 0.5) is 4.39 Å². The van der Waals surface area contributed by atoms with Crippen molar-refractivity contribution >= 4 is 17.8 Å². The first-order valence-corrected chi connectivity index (χ1v) is 6.73. The normalized spacial score (nSPS) is 15.6. The van der Waals surface area contributed by atoms with Gasteiger partial charge < -0.3 is 14.9 Å². The molecule has 0 aliphatic rings. The van der Waals surface area contributed by atoms with Crippen molar-refractivity contribution in [3.63, 3.8) is 0 Å². The molecule has 0 saturated heterocycles. The van der Waals surface area contributed by atoms with Crippen molar-refractivity contribution in [1.82, 2.24) is 0 Å². The molecule has 0 saturated carbocycles. The molecule has 0 amide bonds. The van der Waals surface area contributed by atoms with Crippen molar-refractivity contribution in [3.05, 3.63) is 41.7 Å². The van der Waals surface area contributed by atoms with E-state index in [0.29, 0.717) is 5.56 Å². The molecule has 0 fully saturated rings. The fourth-order valence-electron chi connectivity index (χ4n) is 1.69. The molecule has 2 N–H and O–H groups in total. The van der Waals surface area contributed by atoms with E-state index < -0.39 is 35.4 Å². The number of hydrogen-bond acceptors (Lipinski definition) is 5. The van der Waals surface area contributed by atoms with Crippen molar-refractivity contribution < 1.29 is 28.9 Å². The maximum Gasteiger partial charge on any atom is 0.345 e. The van der Waals surface area contributed by atoms with Crippen LogP contribution in [0.3, 0.4) is 0 Å². The van der Waals surface area contributed by atoms with Gasteiger partial charge in [-0.2, -0.15) is 0 Å². The van der Waals surface area contributed by atoms with Gasteiger partial charge in [0.25, 0.3) is 0 Å². The molecular weight excluding hydrogens is 291 g/mol. The summed E-state index contributed by atoms with van der Waals surface area (Å²) < 4.78 is 17.7. The third-order valence-electron chi connectivity index (χ3n) is 2.87. The lowest BCUT2D eigenvalue weighted by molar-refractivity contribution is -0.176. The average molecular weight is 310 g/mol. The van der Waals surface area contributed by atoms with Crippen LogP contribution in [-0.2, 0) is 14.3 Å². The summed E-state index contributed by atoms with van der Waals surface area (Å²) in [4.78, 5) is 23.3. The van der Waals surface area contributed by atoms with Gasteiger partial charge in [0.05, 0.1) is 6.10 Å². The Morgan fingerprint density at radius 3 is 2.27 bits per heavy atom. The topological polar surface area (TPSA) is 83.8 Å². The van der Waals surface area contributed by atoms with Gasteiger partial charge in [0.1, 0.15) is 5.82 Å². The number of hydrogen-bond donors (Lipinski definition) is 2. The fourth-order valence-corrected chi connectivity index (χ4v) is 1.69. The fraction of sp³-hybridized carbons (Fsp3) is 0.375. The summed E-state index contributed by atoms with van der Waals surface area (Å²) in [6, 6.07) is 5.24. The Labute approximate surface area is 128 Å². The Bertz CT molecular complexity index is 564. The van der Waals surface area contributed by atoms with Gasteiger partial charge in [0.15, 0.2) is 11.9 Å². The minimum atomic E-state index is -2.51. The second-order valence-corrected chi connectivity index (χ2v) is 5.18. The standard InChI is InChI=1S/C16H19FO5/c1-10(2)22-15(20)16(21,14(19)11(3)18)9-8-12-4-6-13(17)7-5-12/h4-10,14,19,21H,1-3H3/b9-8+/t14-,16+/m0/s1. The SMILES string of the molecule is CC(=O)[C@H](O)[C@](O)(/C=C/c1ccc(F)cc1)C(=O)OC(C)C. The third kappa shape index (κ3) is 4.47. The number of aliphatic hydroxyl groups is 2. The smallest absolute Gasteiger partial charge is 0.345 e. The summed E-state index contributed by atoms with van der Waals surface area (Å²) >= 11 is 0. The van der Waals surface area contributed by atoms with Crippen LogP contribution in [0.25, 0.3) is 6.08 Å². The van der Waals surface area contributed by atoms with E-state index in [4.69, 9.17) is 4.74 Å². The number of ether oxygens (including phenoxy) is 1. The first-order valence-electron chi connectivity index (χ1n) is 6.73. The van der Waals surface area contributed by atoms with E-state index in [9.17, 15) is 24.2 Å². The number of carbonyl (C=O) groups excluding carboxylic acids is 2. The zero-order valence-corrected chi connectivity index (χ0v) is 12.6. The molecule has 0 aliphatic heterocycles. The van der Waals surface area contributed by atoms with Crippen LogP contribution in [0.1, 0.15) is 26.3 Å². The highest BCUT2D eigenvalue weighted by Crippen LogP contribution is 2.19. The quantitative estimate of drug-likeness (QED) is 0.777. The van der Waals surface area contributed by atoms with Crippen LogP contribution < -0.4 is 0 Å². The maximum absolute atomic E-state index is 12.8. The van der Waals surface area contributed by atoms with Gasteiger partial charge in [0.2, 0.25) is 5.60 Å². The molecular formula is C16H19FO5. The monoisotopic (exact) mass is 310 g/mol. The van der Waals surface area contributed by atoms with Crippen LogP contribution in [-0.4, -0.2) is 39.8 Å². The molecule has 0 spiro atoms. The molecule has 120 valence electrons. The lowest BCUT2D eigenvalue weighted by atomic mass is 9.92. The number of rotatable bonds is 6. The van der Waals surface area contributed by atoms with Gasteiger partial charge in [0, 0.05) is 0 Å². The maximum atomic E-state index is 12.8. The second-order valence-electron chi connectivity index (χ2n) is 5.18. The lowest BCUT2D eigenvalue weighted by Crippen LogP contribution is -2.52. The number of ketones is 1. The minimum absolute atomic E-state index is 0.435. The van der Waals surface area contributed by atoms with Gasteiger partial charge in [-0.05, 0) is 44.5 Å². The summed E-state index contributed by atoms with van der Waals surface area (Å²) in [6.07, 6.45) is -0.225. The molecule has 1 rings (SSSR count). The van der Waals surface area contributed by atoms with E-state index in [2.05, 4.69) is 0 Å². The lowest BCUT2D eigenvalue weighted by Gasteiger charge is -2.27. The summed E-state index contributed by atoms with van der Waals surface area (Å²) in [6.45, 7) is 4.19. The van der Waals surface area contributed by atoms with Crippen LogP contribution in [0.5, 0.6) is 0 Å². The van der Waals surface area contributed by atoms with Crippen molar-refractivity contribution in [3.8, 4) is 0 Å². The van der Waals surface area contributed by atoms with E-state index in [1.165, 1.54) is 30.3 Å². The number of aliphatic hydroxyl groups excluding tert-OH is 1. The Kier molecular flexibility index (Phi) is 5.96. The Balaban J connectivity index is 3.12. The number of halogens is 1. The number of Topliss-reactive ketones (excluding diaryl/α,β-unsaturated/α-hetero) is 1. The van der Waals surface area contributed by atoms with Crippen molar-refractivity contribution in [2.24, 2.45) is 0 Å². The summed E-state index contributed by atoms with van der Waals surface area (Å²) in [5.74, 6) is -2.36. The van der Waals surface area contributed by atoms with Gasteiger partial charge >= 0.3 is 5.97 Å². The van der Waals surface area contributed by atoms with Crippen LogP contribution in [0.2, 0.25) is 0 Å². The molecule has 0 aromatic heterocycles. The first kappa shape index (κ1) is 18.0. The zero-order chi connectivity index (χ0) is 16.9. The highest BCUT2D eigenvalue weighted by Gasteiger charge is 2.45. The van der Waals surface area contributed by atoms with Crippen molar-refractivity contribution in [2.75, 3.05) is 0 Å². The number of esters is 1. The van der Waals surface area contributed by atoms with Gasteiger partial charge in [-0.1, -0.05) is 18.2 Å². The van der Waals surface area contributed by atoms with Crippen LogP contribution in [0.15, 0.2) is 30.3 Å². The van der Waals surface area contributed by atoms with Crippen molar-refractivity contribution in [1.29, 1.82) is 0 Å². The third-order valence-corrected chi connectivity index (χ3v) is 2.87. The van der Waals surface area contributed by atoms with E-state index in [0.717, 1.165) is 13.0 Å². The van der Waals surface area contributed by atoms with Crippen molar-refractivity contribution in [2.45, 2.75) is 38.6 Å². The minimum Gasteiger partial charge on any atom is -0.461 e. The largest absolute Gasteiger partial charge is 0.461 e. The molecule has 2 atom stereocenters. The molecule has 0 bridgehead atoms. The number of carbonyl (C=O) groups is 2. The van der Waals surface area contributed by atoms with Crippen LogP contribution in [0, 0.1) is 5.82 Å². The summed E-state index contributed by atoms with van der Waals surface area (Å²) in [7, 11) is 0. The highest BCUT2D eigenvalue weighted by atomic mass is 19.1. The molecule has 5 nitrogen and oxygen atoms in total. The molecule has 22 heavy (non-hydrogen) atoms. The predicted octanol–water partition coefficient (Wildman–Crippen LogP) is 1.47. The van der Waals surface area contributed by atoms with E-state index in [1.807, 2.05) is 0 Å². The molecule has 6 heteroatoms. The van der Waals surface area contributed by atoms with E-state index >= 15 is 0 Å². The molecule has 0 unspecified atom stereocenters. The van der Waals surface area contributed by atoms with Crippen LogP contribution >= 0.6 is 0 Å². The predicted molar refractivity (Wildman–Crippen MR) is 78.3 cm³/mol. The van der Waals surface area contributed by atoms with E-state index in [-0.39, 0.29) is 0 Å². The zero-order valence-electron chi connectivity index (χ0n) is 12.6.